The summed E-state index contributed by atoms with van der Waals surface area (Å²) in [5, 5.41) is 3.37. The van der Waals surface area contributed by atoms with Crippen molar-refractivity contribution in [3.63, 3.8) is 0 Å². The van der Waals surface area contributed by atoms with Crippen LogP contribution in [0.5, 0.6) is 0 Å². The van der Waals surface area contributed by atoms with E-state index in [2.05, 4.69) is 5.32 Å². The van der Waals surface area contributed by atoms with Crippen LogP contribution in [0.15, 0.2) is 0 Å². The van der Waals surface area contributed by atoms with Crippen LogP contribution in [0.25, 0.3) is 0 Å². The fourth-order valence-corrected chi connectivity index (χ4v) is 2.88. The monoisotopic (exact) mass is 226 g/mol. The summed E-state index contributed by atoms with van der Waals surface area (Å²) in [5.41, 5.74) is 0.287. The molecule has 2 aliphatic heterocycles. The van der Waals surface area contributed by atoms with Crippen LogP contribution in [-0.4, -0.2) is 50.7 Å². The Hall–Kier alpha value is -0.610. The number of carbonyl (C=O) groups is 1. The van der Waals surface area contributed by atoms with E-state index >= 15 is 0 Å². The molecule has 2 fully saturated rings. The van der Waals surface area contributed by atoms with Gasteiger partial charge in [0.1, 0.15) is 0 Å². The van der Waals surface area contributed by atoms with Crippen LogP contribution in [0, 0.1) is 5.41 Å². The van der Waals surface area contributed by atoms with Crippen molar-refractivity contribution >= 4 is 5.91 Å². The van der Waals surface area contributed by atoms with Gasteiger partial charge in [-0.05, 0) is 37.8 Å². The van der Waals surface area contributed by atoms with E-state index < -0.39 is 0 Å². The number of piperidine rings is 1. The molecule has 0 atom stereocenters. The van der Waals surface area contributed by atoms with Gasteiger partial charge >= 0.3 is 0 Å². The van der Waals surface area contributed by atoms with E-state index in [4.69, 9.17) is 4.74 Å². The Bertz CT molecular complexity index is 249. The Morgan fingerprint density at radius 3 is 2.88 bits per heavy atom. The molecule has 2 aliphatic rings. The quantitative estimate of drug-likeness (QED) is 0.715. The minimum Gasteiger partial charge on any atom is -0.385 e. The predicted octanol–water partition coefficient (Wildman–Crippen LogP) is 0.625. The third-order valence-corrected chi connectivity index (χ3v) is 3.85. The van der Waals surface area contributed by atoms with Crippen LogP contribution in [-0.2, 0) is 9.53 Å². The van der Waals surface area contributed by atoms with E-state index in [0.29, 0.717) is 5.91 Å². The first kappa shape index (κ1) is 11.9. The Labute approximate surface area is 97.3 Å². The van der Waals surface area contributed by atoms with Crippen LogP contribution in [0.3, 0.4) is 0 Å². The number of likely N-dealkylation sites (tertiary alicyclic amines) is 1. The highest BCUT2D eigenvalue weighted by Crippen LogP contribution is 2.39. The normalized spacial score (nSPS) is 24.3. The summed E-state index contributed by atoms with van der Waals surface area (Å²) in [4.78, 5) is 13.9. The second-order valence-corrected chi connectivity index (χ2v) is 5.09. The minimum absolute atomic E-state index is 0.287. The predicted molar refractivity (Wildman–Crippen MR) is 62.2 cm³/mol. The molecular formula is C12H22N2O2. The highest BCUT2D eigenvalue weighted by Gasteiger charge is 2.43. The smallest absolute Gasteiger partial charge is 0.223 e. The van der Waals surface area contributed by atoms with Crippen molar-refractivity contribution in [2.24, 2.45) is 5.41 Å². The second kappa shape index (κ2) is 5.15. The molecule has 2 rings (SSSR count). The summed E-state index contributed by atoms with van der Waals surface area (Å²) >= 11 is 0. The number of hydrogen-bond donors (Lipinski definition) is 1. The number of nitrogens with zero attached hydrogens (tertiary/aromatic N) is 1. The van der Waals surface area contributed by atoms with Crippen molar-refractivity contribution in [2.45, 2.75) is 25.7 Å². The van der Waals surface area contributed by atoms with Gasteiger partial charge in [0, 0.05) is 33.2 Å². The van der Waals surface area contributed by atoms with E-state index in [9.17, 15) is 4.79 Å². The summed E-state index contributed by atoms with van der Waals surface area (Å²) in [5.74, 6) is 0.345. The SMILES string of the molecule is COCCCN1CC2(CCNCC2)CC1=O. The number of amides is 1. The second-order valence-electron chi connectivity index (χ2n) is 5.09. The molecule has 2 heterocycles. The van der Waals surface area contributed by atoms with Crippen LogP contribution in [0.1, 0.15) is 25.7 Å². The Kier molecular flexibility index (Phi) is 3.82. The van der Waals surface area contributed by atoms with Gasteiger partial charge in [-0.3, -0.25) is 4.79 Å². The Morgan fingerprint density at radius 2 is 2.19 bits per heavy atom. The number of carbonyl (C=O) groups excluding carboxylic acids is 1. The molecule has 1 spiro atoms. The Morgan fingerprint density at radius 1 is 1.44 bits per heavy atom. The molecule has 2 saturated heterocycles. The number of hydrogen-bond acceptors (Lipinski definition) is 3. The number of methoxy groups -OCH3 is 1. The van der Waals surface area contributed by atoms with E-state index in [0.717, 1.165) is 58.5 Å². The zero-order chi connectivity index (χ0) is 11.4. The lowest BCUT2D eigenvalue weighted by Crippen LogP contribution is -2.38. The standard InChI is InChI=1S/C12H22N2O2/c1-16-8-2-7-14-10-12(9-11(14)15)3-5-13-6-4-12/h13H,2-10H2,1H3. The zero-order valence-corrected chi connectivity index (χ0v) is 10.1. The van der Waals surface area contributed by atoms with Crippen molar-refractivity contribution in [1.82, 2.24) is 10.2 Å². The fourth-order valence-electron chi connectivity index (χ4n) is 2.88. The Balaban J connectivity index is 1.85. The summed E-state index contributed by atoms with van der Waals surface area (Å²) in [6.07, 6.45) is 4.03. The van der Waals surface area contributed by atoms with Gasteiger partial charge in [0.05, 0.1) is 0 Å². The molecule has 1 N–H and O–H groups in total. The number of ether oxygens (including phenoxy) is 1. The summed E-state index contributed by atoms with van der Waals surface area (Å²) in [6.45, 7) is 4.72. The van der Waals surface area contributed by atoms with Gasteiger partial charge in [-0.25, -0.2) is 0 Å². The van der Waals surface area contributed by atoms with Gasteiger partial charge in [-0.1, -0.05) is 0 Å². The topological polar surface area (TPSA) is 41.6 Å². The maximum absolute atomic E-state index is 11.9. The average Bonchev–Trinajstić information content (AvgIpc) is 2.57. The first-order valence-electron chi connectivity index (χ1n) is 6.23. The van der Waals surface area contributed by atoms with Crippen LogP contribution >= 0.6 is 0 Å². The largest absolute Gasteiger partial charge is 0.385 e. The molecule has 0 aromatic rings. The van der Waals surface area contributed by atoms with Crippen LogP contribution in [0.2, 0.25) is 0 Å². The van der Waals surface area contributed by atoms with Crippen LogP contribution in [0.4, 0.5) is 0 Å². The molecule has 4 nitrogen and oxygen atoms in total. The highest BCUT2D eigenvalue weighted by atomic mass is 16.5. The number of nitrogens with one attached hydrogen (secondary N) is 1. The lowest BCUT2D eigenvalue weighted by atomic mass is 9.78. The summed E-state index contributed by atoms with van der Waals surface area (Å²) < 4.78 is 5.03. The van der Waals surface area contributed by atoms with Gasteiger partial charge < -0.3 is 15.0 Å². The molecule has 0 unspecified atom stereocenters. The first-order chi connectivity index (χ1) is 7.76. The average molecular weight is 226 g/mol. The van der Waals surface area contributed by atoms with E-state index in [1.54, 1.807) is 7.11 Å². The maximum Gasteiger partial charge on any atom is 0.223 e. The molecule has 16 heavy (non-hydrogen) atoms. The third kappa shape index (κ3) is 2.55. The van der Waals surface area contributed by atoms with Gasteiger partial charge in [0.2, 0.25) is 5.91 Å². The van der Waals surface area contributed by atoms with Crippen molar-refractivity contribution in [2.75, 3.05) is 39.9 Å². The van der Waals surface area contributed by atoms with Crippen molar-refractivity contribution < 1.29 is 9.53 Å². The number of rotatable bonds is 4. The minimum atomic E-state index is 0.287. The van der Waals surface area contributed by atoms with Gasteiger partial charge in [0.25, 0.3) is 0 Å². The first-order valence-corrected chi connectivity index (χ1v) is 6.23. The lowest BCUT2D eigenvalue weighted by Gasteiger charge is -2.33. The summed E-state index contributed by atoms with van der Waals surface area (Å²) in [6, 6.07) is 0. The van der Waals surface area contributed by atoms with Crippen molar-refractivity contribution in [1.29, 1.82) is 0 Å². The van der Waals surface area contributed by atoms with Gasteiger partial charge in [0.15, 0.2) is 0 Å². The molecule has 1 amide bonds. The van der Waals surface area contributed by atoms with Crippen molar-refractivity contribution in [3.05, 3.63) is 0 Å². The molecule has 0 radical (unpaired) electrons. The van der Waals surface area contributed by atoms with Crippen molar-refractivity contribution in [3.8, 4) is 0 Å². The van der Waals surface area contributed by atoms with Gasteiger partial charge in [-0.2, -0.15) is 0 Å². The molecule has 4 heteroatoms. The lowest BCUT2D eigenvalue weighted by molar-refractivity contribution is -0.128. The molecular weight excluding hydrogens is 204 g/mol. The molecule has 0 bridgehead atoms. The molecule has 0 aliphatic carbocycles. The maximum atomic E-state index is 11.9. The third-order valence-electron chi connectivity index (χ3n) is 3.85. The summed E-state index contributed by atoms with van der Waals surface area (Å²) in [7, 11) is 1.71. The van der Waals surface area contributed by atoms with E-state index in [1.165, 1.54) is 0 Å². The van der Waals surface area contributed by atoms with Crippen LogP contribution < -0.4 is 5.32 Å². The molecule has 0 saturated carbocycles. The van der Waals surface area contributed by atoms with E-state index in [1.807, 2.05) is 4.90 Å². The molecule has 0 aromatic carbocycles. The molecule has 0 aromatic heterocycles. The van der Waals surface area contributed by atoms with E-state index in [-0.39, 0.29) is 5.41 Å². The van der Waals surface area contributed by atoms with Gasteiger partial charge in [-0.15, -0.1) is 0 Å². The highest BCUT2D eigenvalue weighted by molar-refractivity contribution is 5.79. The fraction of sp³-hybridized carbons (Fsp3) is 0.917. The molecule has 92 valence electrons. The zero-order valence-electron chi connectivity index (χ0n) is 10.1.